The Kier molecular flexibility index (Phi) is 3.93. The largest absolute Gasteiger partial charge is 0.477 e. The van der Waals surface area contributed by atoms with E-state index in [9.17, 15) is 22.8 Å². The number of nitrogens with one attached hydrogen (secondary N) is 1. The number of nitrogens with zero attached hydrogens (tertiary/aromatic N) is 3. The van der Waals surface area contributed by atoms with Gasteiger partial charge in [0.2, 0.25) is 0 Å². The molecule has 0 aliphatic heterocycles. The van der Waals surface area contributed by atoms with Crippen LogP contribution in [0, 0.1) is 0 Å². The Labute approximate surface area is 122 Å². The molecule has 0 aliphatic carbocycles. The van der Waals surface area contributed by atoms with Gasteiger partial charge in [0, 0.05) is 25.6 Å². The molecule has 2 aromatic heterocycles. The van der Waals surface area contributed by atoms with Crippen molar-refractivity contribution in [1.82, 2.24) is 14.1 Å². The summed E-state index contributed by atoms with van der Waals surface area (Å²) in [6, 6.07) is 1.19. The maximum Gasteiger partial charge on any atom is 0.406 e. The van der Waals surface area contributed by atoms with E-state index in [0.717, 1.165) is 12.4 Å². The summed E-state index contributed by atoms with van der Waals surface area (Å²) >= 11 is 0. The Hall–Kier alpha value is -2.78. The lowest BCUT2D eigenvalue weighted by Crippen LogP contribution is -2.23. The highest BCUT2D eigenvalue weighted by Crippen LogP contribution is 2.19. The smallest absolute Gasteiger partial charge is 0.406 e. The highest BCUT2D eigenvalue weighted by Gasteiger charge is 2.30. The van der Waals surface area contributed by atoms with Gasteiger partial charge in [-0.15, -0.1) is 0 Å². The van der Waals surface area contributed by atoms with Crippen LogP contribution in [-0.2, 0) is 13.6 Å². The van der Waals surface area contributed by atoms with E-state index in [1.165, 1.54) is 23.9 Å². The number of amides is 1. The number of hydrogen-bond donors (Lipinski definition) is 2. The second-order valence-corrected chi connectivity index (χ2v) is 4.48. The second-order valence-electron chi connectivity index (χ2n) is 4.48. The van der Waals surface area contributed by atoms with Crippen LogP contribution in [0.1, 0.15) is 21.1 Å². The van der Waals surface area contributed by atoms with Gasteiger partial charge in [-0.3, -0.25) is 4.79 Å². The second kappa shape index (κ2) is 5.54. The fourth-order valence-electron chi connectivity index (χ4n) is 1.87. The Morgan fingerprint density at radius 2 is 2.09 bits per heavy atom. The fourth-order valence-corrected chi connectivity index (χ4v) is 1.87. The summed E-state index contributed by atoms with van der Waals surface area (Å²) in [5, 5.41) is 11.2. The van der Waals surface area contributed by atoms with Gasteiger partial charge < -0.3 is 19.6 Å². The molecule has 0 spiro atoms. The number of hydrogen-bond acceptors (Lipinski definition) is 3. The Balaban J connectivity index is 2.18. The first-order valence-corrected chi connectivity index (χ1v) is 5.96. The molecule has 0 bridgehead atoms. The zero-order valence-electron chi connectivity index (χ0n) is 11.3. The van der Waals surface area contributed by atoms with Crippen molar-refractivity contribution in [2.45, 2.75) is 12.7 Å². The van der Waals surface area contributed by atoms with Crippen LogP contribution in [-0.4, -0.2) is 37.3 Å². The number of halogens is 3. The molecule has 2 N–H and O–H groups in total. The minimum Gasteiger partial charge on any atom is -0.477 e. The third-order valence-corrected chi connectivity index (χ3v) is 2.75. The number of imidazole rings is 1. The molecule has 0 atom stereocenters. The zero-order chi connectivity index (χ0) is 16.5. The summed E-state index contributed by atoms with van der Waals surface area (Å²) in [6.45, 7) is -1.34. The zero-order valence-corrected chi connectivity index (χ0v) is 11.3. The Morgan fingerprint density at radius 1 is 1.41 bits per heavy atom. The first kappa shape index (κ1) is 15.6. The molecule has 0 unspecified atom stereocenters. The number of aromatic carboxylic acids is 1. The van der Waals surface area contributed by atoms with Gasteiger partial charge in [-0.05, 0) is 6.07 Å². The number of carboxylic acid groups (broad SMARTS) is 1. The maximum absolute atomic E-state index is 12.4. The number of alkyl halides is 3. The van der Waals surface area contributed by atoms with Crippen LogP contribution in [0.25, 0.3) is 0 Å². The first-order valence-electron chi connectivity index (χ1n) is 5.96. The van der Waals surface area contributed by atoms with Gasteiger partial charge in [-0.25, -0.2) is 9.78 Å². The van der Waals surface area contributed by atoms with Gasteiger partial charge in [0.1, 0.15) is 12.2 Å². The summed E-state index contributed by atoms with van der Waals surface area (Å²) < 4.78 is 39.1. The lowest BCUT2D eigenvalue weighted by molar-refractivity contribution is -0.140. The van der Waals surface area contributed by atoms with E-state index in [0.29, 0.717) is 4.57 Å². The van der Waals surface area contributed by atoms with Gasteiger partial charge in [0.05, 0.1) is 5.69 Å². The highest BCUT2D eigenvalue weighted by atomic mass is 19.4. The molecule has 2 rings (SSSR count). The molecule has 2 aromatic rings. The molecule has 0 aromatic carbocycles. The van der Waals surface area contributed by atoms with Crippen molar-refractivity contribution in [3.05, 3.63) is 36.2 Å². The maximum atomic E-state index is 12.4. The molecule has 0 aliphatic rings. The van der Waals surface area contributed by atoms with Gasteiger partial charge in [0.15, 0.2) is 5.82 Å². The number of rotatable bonds is 4. The Morgan fingerprint density at radius 3 is 2.64 bits per heavy atom. The van der Waals surface area contributed by atoms with Crippen LogP contribution < -0.4 is 5.32 Å². The van der Waals surface area contributed by atoms with Crippen molar-refractivity contribution in [2.24, 2.45) is 7.05 Å². The predicted molar refractivity (Wildman–Crippen MR) is 68.6 cm³/mol. The minimum atomic E-state index is -4.49. The van der Waals surface area contributed by atoms with E-state index >= 15 is 0 Å². The van der Waals surface area contributed by atoms with E-state index in [2.05, 4.69) is 10.3 Å². The van der Waals surface area contributed by atoms with Crippen molar-refractivity contribution < 1.29 is 27.9 Å². The Bertz CT molecular complexity index is 718. The van der Waals surface area contributed by atoms with E-state index in [1.807, 2.05) is 0 Å². The number of anilines is 1. The lowest BCUT2D eigenvalue weighted by atomic mass is 10.4. The van der Waals surface area contributed by atoms with Gasteiger partial charge in [-0.1, -0.05) is 0 Å². The lowest BCUT2D eigenvalue weighted by Gasteiger charge is -2.10. The molecule has 2 heterocycles. The van der Waals surface area contributed by atoms with E-state index in [-0.39, 0.29) is 11.4 Å². The fraction of sp³-hybridized carbons (Fsp3) is 0.250. The molecule has 0 saturated heterocycles. The van der Waals surface area contributed by atoms with E-state index in [4.69, 9.17) is 5.11 Å². The van der Waals surface area contributed by atoms with E-state index < -0.39 is 30.4 Å². The summed E-state index contributed by atoms with van der Waals surface area (Å²) in [7, 11) is 1.46. The quantitative estimate of drug-likeness (QED) is 0.899. The van der Waals surface area contributed by atoms with Gasteiger partial charge in [0.25, 0.3) is 5.91 Å². The standard InChI is InChI=1S/C12H11F3N4O3/c1-18-5-7(4-8(18)11(21)22)17-10(20)9-16-2-3-19(9)6-12(13,14)15/h2-5H,6H2,1H3,(H,17,20)(H,21,22). The predicted octanol–water partition coefficient (Wildman–Crippen LogP) is 1.73. The number of aryl methyl sites for hydroxylation is 1. The average molecular weight is 316 g/mol. The minimum absolute atomic E-state index is 0.0751. The topological polar surface area (TPSA) is 89.2 Å². The third kappa shape index (κ3) is 3.45. The van der Waals surface area contributed by atoms with Crippen molar-refractivity contribution in [1.29, 1.82) is 0 Å². The SMILES string of the molecule is Cn1cc(NC(=O)c2nccn2CC(F)(F)F)cc1C(=O)O. The molecule has 7 nitrogen and oxygen atoms in total. The summed E-state index contributed by atoms with van der Waals surface area (Å²) in [4.78, 5) is 26.4. The van der Waals surface area contributed by atoms with Crippen LogP contribution >= 0.6 is 0 Å². The van der Waals surface area contributed by atoms with Crippen molar-refractivity contribution in [2.75, 3.05) is 5.32 Å². The highest BCUT2D eigenvalue weighted by molar-refractivity contribution is 6.02. The molecule has 1 amide bonds. The van der Waals surface area contributed by atoms with Crippen molar-refractivity contribution >= 4 is 17.6 Å². The van der Waals surface area contributed by atoms with Crippen LogP contribution in [0.15, 0.2) is 24.7 Å². The normalized spacial score (nSPS) is 11.5. The monoisotopic (exact) mass is 316 g/mol. The molecule has 0 saturated carbocycles. The average Bonchev–Trinajstić information content (AvgIpc) is 2.93. The summed E-state index contributed by atoms with van der Waals surface area (Å²) in [5.41, 5.74) is 0.0698. The summed E-state index contributed by atoms with van der Waals surface area (Å²) in [5.74, 6) is -2.48. The molecule has 10 heteroatoms. The van der Waals surface area contributed by atoms with Crippen molar-refractivity contribution in [3.8, 4) is 0 Å². The van der Waals surface area contributed by atoms with E-state index in [1.54, 1.807) is 0 Å². The first-order chi connectivity index (χ1) is 10.2. The molecular formula is C12H11F3N4O3. The van der Waals surface area contributed by atoms with Crippen LogP contribution in [0.4, 0.5) is 18.9 Å². The number of carbonyl (C=O) groups is 2. The molecule has 0 fully saturated rings. The van der Waals surface area contributed by atoms with Crippen molar-refractivity contribution in [3.63, 3.8) is 0 Å². The van der Waals surface area contributed by atoms with Crippen LogP contribution in [0.2, 0.25) is 0 Å². The number of carbonyl (C=O) groups excluding carboxylic acids is 1. The van der Waals surface area contributed by atoms with Crippen LogP contribution in [0.3, 0.4) is 0 Å². The molecule has 118 valence electrons. The molecule has 22 heavy (non-hydrogen) atoms. The van der Waals surface area contributed by atoms with Gasteiger partial charge in [-0.2, -0.15) is 13.2 Å². The third-order valence-electron chi connectivity index (χ3n) is 2.75. The van der Waals surface area contributed by atoms with Crippen LogP contribution in [0.5, 0.6) is 0 Å². The number of aromatic nitrogens is 3. The van der Waals surface area contributed by atoms with Gasteiger partial charge >= 0.3 is 12.1 Å². The molecule has 0 radical (unpaired) electrons. The molecular weight excluding hydrogens is 305 g/mol. The summed E-state index contributed by atoms with van der Waals surface area (Å²) in [6.07, 6.45) is -1.04. The number of carboxylic acids is 1.